The van der Waals surface area contributed by atoms with Crippen molar-refractivity contribution in [2.24, 2.45) is 0 Å². The van der Waals surface area contributed by atoms with E-state index >= 15 is 0 Å². The van der Waals surface area contributed by atoms with Crippen molar-refractivity contribution in [1.29, 1.82) is 0 Å². The molecular formula is C14H24N4O. The smallest absolute Gasteiger partial charge is 0.225 e. The van der Waals surface area contributed by atoms with Crippen LogP contribution < -0.4 is 10.2 Å². The number of hydrogen-bond acceptors (Lipinski definition) is 5. The largest absolute Gasteiger partial charge is 0.378 e. The van der Waals surface area contributed by atoms with Gasteiger partial charge in [-0.05, 0) is 26.3 Å². The zero-order valence-electron chi connectivity index (χ0n) is 11.9. The minimum Gasteiger partial charge on any atom is -0.378 e. The summed E-state index contributed by atoms with van der Waals surface area (Å²) >= 11 is 0. The van der Waals surface area contributed by atoms with Crippen molar-refractivity contribution in [1.82, 2.24) is 15.3 Å². The summed E-state index contributed by atoms with van der Waals surface area (Å²) in [6.45, 7) is 8.72. The molecule has 1 fully saturated rings. The van der Waals surface area contributed by atoms with Crippen LogP contribution in [0.2, 0.25) is 0 Å². The van der Waals surface area contributed by atoms with E-state index in [-0.39, 0.29) is 0 Å². The first kappa shape index (κ1) is 14.2. The molecule has 0 saturated carbocycles. The summed E-state index contributed by atoms with van der Waals surface area (Å²) in [6.07, 6.45) is 6.38. The fourth-order valence-corrected chi connectivity index (χ4v) is 2.33. The lowest BCUT2D eigenvalue weighted by Gasteiger charge is -2.31. The summed E-state index contributed by atoms with van der Waals surface area (Å²) in [5, 5.41) is 3.27. The molecule has 0 aliphatic carbocycles. The van der Waals surface area contributed by atoms with E-state index in [9.17, 15) is 0 Å². The van der Waals surface area contributed by atoms with Gasteiger partial charge in [-0.1, -0.05) is 6.92 Å². The molecule has 106 valence electrons. The number of anilines is 1. The highest BCUT2D eigenvalue weighted by atomic mass is 16.5. The van der Waals surface area contributed by atoms with Gasteiger partial charge in [-0.3, -0.25) is 0 Å². The van der Waals surface area contributed by atoms with Gasteiger partial charge in [0.1, 0.15) is 0 Å². The van der Waals surface area contributed by atoms with E-state index in [1.165, 1.54) is 0 Å². The van der Waals surface area contributed by atoms with Crippen LogP contribution >= 0.6 is 0 Å². The van der Waals surface area contributed by atoms with E-state index in [1.54, 1.807) is 0 Å². The van der Waals surface area contributed by atoms with Crippen LogP contribution in [0.4, 0.5) is 5.95 Å². The number of nitrogens with zero attached hydrogens (tertiary/aromatic N) is 3. The fraction of sp³-hybridized carbons (Fsp3) is 0.714. The van der Waals surface area contributed by atoms with E-state index in [1.807, 2.05) is 12.4 Å². The molecule has 1 aromatic heterocycles. The third kappa shape index (κ3) is 4.14. The number of rotatable bonds is 6. The third-order valence-corrected chi connectivity index (χ3v) is 3.40. The van der Waals surface area contributed by atoms with Gasteiger partial charge in [0, 0.05) is 44.2 Å². The van der Waals surface area contributed by atoms with E-state index < -0.39 is 0 Å². The molecule has 0 bridgehead atoms. The Morgan fingerprint density at radius 3 is 2.53 bits per heavy atom. The number of nitrogens with one attached hydrogen (secondary N) is 1. The van der Waals surface area contributed by atoms with Crippen molar-refractivity contribution >= 4 is 5.95 Å². The number of hydrogen-bond donors (Lipinski definition) is 1. The second-order valence-corrected chi connectivity index (χ2v) is 4.81. The molecule has 1 aliphatic rings. The first-order valence-electron chi connectivity index (χ1n) is 7.21. The molecule has 0 atom stereocenters. The Bertz CT molecular complexity index is 360. The van der Waals surface area contributed by atoms with Crippen LogP contribution in [0.5, 0.6) is 0 Å². The van der Waals surface area contributed by atoms with Crippen LogP contribution in [0.3, 0.4) is 0 Å². The summed E-state index contributed by atoms with van der Waals surface area (Å²) in [6, 6.07) is 0. The van der Waals surface area contributed by atoms with Crippen molar-refractivity contribution in [3.05, 3.63) is 18.0 Å². The molecule has 1 N–H and O–H groups in total. The topological polar surface area (TPSA) is 50.3 Å². The molecule has 5 heteroatoms. The third-order valence-electron chi connectivity index (χ3n) is 3.40. The van der Waals surface area contributed by atoms with E-state index in [0.717, 1.165) is 57.1 Å². The number of aromatic nitrogens is 2. The van der Waals surface area contributed by atoms with Gasteiger partial charge in [-0.15, -0.1) is 0 Å². The summed E-state index contributed by atoms with van der Waals surface area (Å²) in [5.41, 5.74) is 1.13. The molecule has 5 nitrogen and oxygen atoms in total. The molecule has 1 aromatic rings. The first-order chi connectivity index (χ1) is 9.33. The molecule has 1 saturated heterocycles. The average molecular weight is 264 g/mol. The average Bonchev–Trinajstić information content (AvgIpc) is 2.47. The SMILES string of the molecule is CCNCc1cnc(N2CCC(OCC)CC2)nc1. The molecule has 0 amide bonds. The first-order valence-corrected chi connectivity index (χ1v) is 7.21. The molecule has 1 aliphatic heterocycles. The Kier molecular flexibility index (Phi) is 5.54. The van der Waals surface area contributed by atoms with Crippen molar-refractivity contribution in [2.45, 2.75) is 39.3 Å². The maximum Gasteiger partial charge on any atom is 0.225 e. The standard InChI is InChI=1S/C14H24N4O/c1-3-15-9-12-10-16-14(17-11-12)18-7-5-13(6-8-18)19-4-2/h10-11,13,15H,3-9H2,1-2H3. The van der Waals surface area contributed by atoms with Gasteiger partial charge in [0.05, 0.1) is 6.10 Å². The molecule has 2 heterocycles. The monoisotopic (exact) mass is 264 g/mol. The second-order valence-electron chi connectivity index (χ2n) is 4.81. The van der Waals surface area contributed by atoms with Gasteiger partial charge in [0.2, 0.25) is 5.95 Å². The summed E-state index contributed by atoms with van der Waals surface area (Å²) in [4.78, 5) is 11.2. The lowest BCUT2D eigenvalue weighted by Crippen LogP contribution is -2.38. The molecule has 19 heavy (non-hydrogen) atoms. The Morgan fingerprint density at radius 1 is 1.26 bits per heavy atom. The van der Waals surface area contributed by atoms with Gasteiger partial charge in [-0.25, -0.2) is 9.97 Å². The highest BCUT2D eigenvalue weighted by Crippen LogP contribution is 2.17. The van der Waals surface area contributed by atoms with Crippen LogP contribution in [0.1, 0.15) is 32.3 Å². The van der Waals surface area contributed by atoms with Crippen LogP contribution in [-0.2, 0) is 11.3 Å². The Labute approximate surface area is 115 Å². The maximum atomic E-state index is 5.65. The van der Waals surface area contributed by atoms with Crippen LogP contribution in [-0.4, -0.2) is 42.3 Å². The predicted octanol–water partition coefficient (Wildman–Crippen LogP) is 1.59. The number of ether oxygens (including phenoxy) is 1. The van der Waals surface area contributed by atoms with Crippen molar-refractivity contribution in [2.75, 3.05) is 31.1 Å². The minimum atomic E-state index is 0.411. The fourth-order valence-electron chi connectivity index (χ4n) is 2.33. The van der Waals surface area contributed by atoms with Gasteiger partial charge in [0.15, 0.2) is 0 Å². The Balaban J connectivity index is 1.85. The Hall–Kier alpha value is -1.20. The highest BCUT2D eigenvalue weighted by Gasteiger charge is 2.20. The van der Waals surface area contributed by atoms with Gasteiger partial charge >= 0.3 is 0 Å². The molecule has 0 spiro atoms. The van der Waals surface area contributed by atoms with E-state index in [2.05, 4.69) is 34.0 Å². The van der Waals surface area contributed by atoms with Gasteiger partial charge in [0.25, 0.3) is 0 Å². The molecule has 0 aromatic carbocycles. The van der Waals surface area contributed by atoms with Crippen molar-refractivity contribution in [3.63, 3.8) is 0 Å². The summed E-state index contributed by atoms with van der Waals surface area (Å²) < 4.78 is 5.65. The molecule has 0 radical (unpaired) electrons. The van der Waals surface area contributed by atoms with E-state index in [4.69, 9.17) is 4.74 Å². The zero-order valence-corrected chi connectivity index (χ0v) is 11.9. The highest BCUT2D eigenvalue weighted by molar-refractivity contribution is 5.30. The lowest BCUT2D eigenvalue weighted by atomic mass is 10.1. The molecule has 2 rings (SSSR count). The quantitative estimate of drug-likeness (QED) is 0.845. The summed E-state index contributed by atoms with van der Waals surface area (Å²) in [5.74, 6) is 0.843. The second kappa shape index (κ2) is 7.40. The van der Waals surface area contributed by atoms with Gasteiger partial charge in [-0.2, -0.15) is 0 Å². The predicted molar refractivity (Wildman–Crippen MR) is 76.3 cm³/mol. The Morgan fingerprint density at radius 2 is 1.95 bits per heavy atom. The maximum absolute atomic E-state index is 5.65. The molecule has 0 unspecified atom stereocenters. The van der Waals surface area contributed by atoms with E-state index in [0.29, 0.717) is 6.10 Å². The minimum absolute atomic E-state index is 0.411. The normalized spacial score (nSPS) is 16.8. The summed E-state index contributed by atoms with van der Waals surface area (Å²) in [7, 11) is 0. The molecular weight excluding hydrogens is 240 g/mol. The van der Waals surface area contributed by atoms with Crippen molar-refractivity contribution in [3.8, 4) is 0 Å². The van der Waals surface area contributed by atoms with Crippen LogP contribution in [0, 0.1) is 0 Å². The van der Waals surface area contributed by atoms with Crippen molar-refractivity contribution < 1.29 is 4.74 Å². The van der Waals surface area contributed by atoms with Crippen LogP contribution in [0.25, 0.3) is 0 Å². The van der Waals surface area contributed by atoms with Gasteiger partial charge < -0.3 is 15.0 Å². The number of piperidine rings is 1. The lowest BCUT2D eigenvalue weighted by molar-refractivity contribution is 0.0457. The van der Waals surface area contributed by atoms with Crippen LogP contribution in [0.15, 0.2) is 12.4 Å². The zero-order chi connectivity index (χ0) is 13.5.